The van der Waals surface area contributed by atoms with E-state index in [1.165, 1.54) is 38.5 Å². The van der Waals surface area contributed by atoms with Gasteiger partial charge in [0.25, 0.3) is 0 Å². The van der Waals surface area contributed by atoms with E-state index in [0.717, 1.165) is 31.1 Å². The quantitative estimate of drug-likeness (QED) is 0.318. The first-order valence-corrected chi connectivity index (χ1v) is 8.68. The first kappa shape index (κ1) is 19.5. The van der Waals surface area contributed by atoms with E-state index in [4.69, 9.17) is 4.74 Å². The van der Waals surface area contributed by atoms with Crippen LogP contribution in [0.5, 0.6) is 0 Å². The monoisotopic (exact) mass is 284 g/mol. The number of carbonyl (C=O) groups is 1. The van der Waals surface area contributed by atoms with Crippen LogP contribution in [0.2, 0.25) is 0 Å². The molecule has 0 aliphatic carbocycles. The van der Waals surface area contributed by atoms with Gasteiger partial charge in [-0.1, -0.05) is 72.6 Å². The van der Waals surface area contributed by atoms with Crippen LogP contribution in [0.25, 0.3) is 0 Å². The normalized spacial score (nSPS) is 11.3. The summed E-state index contributed by atoms with van der Waals surface area (Å²) < 4.78 is 5.25. The number of esters is 1. The molecule has 0 aromatic carbocycles. The molecule has 2 nitrogen and oxygen atoms in total. The van der Waals surface area contributed by atoms with Gasteiger partial charge >= 0.3 is 5.97 Å². The fourth-order valence-corrected chi connectivity index (χ4v) is 2.27. The summed E-state index contributed by atoms with van der Waals surface area (Å²) in [7, 11) is 0. The van der Waals surface area contributed by atoms with Crippen molar-refractivity contribution in [3.8, 4) is 0 Å². The molecule has 0 heterocycles. The van der Waals surface area contributed by atoms with Gasteiger partial charge in [-0.25, -0.2) is 0 Å². The molecule has 0 aliphatic rings. The summed E-state index contributed by atoms with van der Waals surface area (Å²) in [6.07, 6.45) is 11.3. The lowest BCUT2D eigenvalue weighted by molar-refractivity contribution is -0.143. The largest absolute Gasteiger partial charge is 0.466 e. The zero-order valence-electron chi connectivity index (χ0n) is 14.2. The van der Waals surface area contributed by atoms with E-state index in [-0.39, 0.29) is 5.97 Å². The van der Waals surface area contributed by atoms with Gasteiger partial charge in [0.2, 0.25) is 0 Å². The maximum Gasteiger partial charge on any atom is 0.305 e. The van der Waals surface area contributed by atoms with Crippen LogP contribution < -0.4 is 0 Å². The average Bonchev–Trinajstić information content (AvgIpc) is 2.37. The summed E-state index contributed by atoms with van der Waals surface area (Å²) in [5, 5.41) is 0. The molecule has 0 saturated carbocycles. The van der Waals surface area contributed by atoms with Crippen molar-refractivity contribution in [2.45, 2.75) is 91.9 Å². The lowest BCUT2D eigenvalue weighted by atomic mass is 10.0. The van der Waals surface area contributed by atoms with Gasteiger partial charge < -0.3 is 4.74 Å². The standard InChI is InChI=1S/C18H36O2/c1-16(2)12-8-5-6-10-14-18(19)20-15-11-7-9-13-17(3)4/h16-17H,5-15H2,1-4H3. The highest BCUT2D eigenvalue weighted by Crippen LogP contribution is 2.11. The Hall–Kier alpha value is -0.530. The van der Waals surface area contributed by atoms with Gasteiger partial charge in [-0.05, 0) is 24.7 Å². The van der Waals surface area contributed by atoms with Gasteiger partial charge in [-0.15, -0.1) is 0 Å². The van der Waals surface area contributed by atoms with E-state index in [1.807, 2.05) is 0 Å². The summed E-state index contributed by atoms with van der Waals surface area (Å²) in [6, 6.07) is 0. The number of rotatable bonds is 13. The second-order valence-corrected chi connectivity index (χ2v) is 6.81. The van der Waals surface area contributed by atoms with Crippen LogP contribution in [0.15, 0.2) is 0 Å². The van der Waals surface area contributed by atoms with Crippen molar-refractivity contribution in [3.05, 3.63) is 0 Å². The first-order valence-electron chi connectivity index (χ1n) is 8.68. The van der Waals surface area contributed by atoms with Crippen molar-refractivity contribution in [1.82, 2.24) is 0 Å². The minimum atomic E-state index is -0.00211. The Morgan fingerprint density at radius 3 is 1.80 bits per heavy atom. The number of ether oxygens (including phenoxy) is 1. The van der Waals surface area contributed by atoms with Gasteiger partial charge in [0, 0.05) is 6.42 Å². The molecular formula is C18H36O2. The second kappa shape index (κ2) is 13.5. The summed E-state index contributed by atoms with van der Waals surface area (Å²) in [5.74, 6) is 1.58. The minimum absolute atomic E-state index is 0.00211. The summed E-state index contributed by atoms with van der Waals surface area (Å²) >= 11 is 0. The Balaban J connectivity index is 3.21. The van der Waals surface area contributed by atoms with Crippen LogP contribution in [-0.2, 0) is 9.53 Å². The highest BCUT2D eigenvalue weighted by molar-refractivity contribution is 5.69. The maximum absolute atomic E-state index is 11.5. The Kier molecular flexibility index (Phi) is 13.1. The van der Waals surface area contributed by atoms with E-state index in [1.54, 1.807) is 0 Å². The van der Waals surface area contributed by atoms with Crippen LogP contribution in [0.4, 0.5) is 0 Å². The Labute approximate surface area is 126 Å². The van der Waals surface area contributed by atoms with E-state index >= 15 is 0 Å². The highest BCUT2D eigenvalue weighted by atomic mass is 16.5. The van der Waals surface area contributed by atoms with Gasteiger partial charge in [0.15, 0.2) is 0 Å². The molecule has 2 heteroatoms. The SMILES string of the molecule is CC(C)CCCCCCC(=O)OCCCCCC(C)C. The maximum atomic E-state index is 11.5. The summed E-state index contributed by atoms with van der Waals surface area (Å²) in [5.41, 5.74) is 0. The zero-order valence-corrected chi connectivity index (χ0v) is 14.2. The van der Waals surface area contributed by atoms with Crippen LogP contribution in [0.3, 0.4) is 0 Å². The molecule has 0 bridgehead atoms. The molecule has 0 N–H and O–H groups in total. The van der Waals surface area contributed by atoms with E-state index in [9.17, 15) is 4.79 Å². The smallest absolute Gasteiger partial charge is 0.305 e. The van der Waals surface area contributed by atoms with Crippen molar-refractivity contribution in [1.29, 1.82) is 0 Å². The Morgan fingerprint density at radius 1 is 0.750 bits per heavy atom. The van der Waals surface area contributed by atoms with Crippen LogP contribution in [-0.4, -0.2) is 12.6 Å². The molecule has 0 spiro atoms. The van der Waals surface area contributed by atoms with Crippen molar-refractivity contribution >= 4 is 5.97 Å². The van der Waals surface area contributed by atoms with E-state index in [0.29, 0.717) is 13.0 Å². The fraction of sp³-hybridized carbons (Fsp3) is 0.944. The van der Waals surface area contributed by atoms with Gasteiger partial charge in [0.1, 0.15) is 0 Å². The highest BCUT2D eigenvalue weighted by Gasteiger charge is 2.03. The molecule has 20 heavy (non-hydrogen) atoms. The minimum Gasteiger partial charge on any atom is -0.466 e. The molecule has 0 aromatic rings. The zero-order chi connectivity index (χ0) is 15.2. The lowest BCUT2D eigenvalue weighted by Gasteiger charge is -2.06. The van der Waals surface area contributed by atoms with E-state index in [2.05, 4.69) is 27.7 Å². The van der Waals surface area contributed by atoms with Crippen molar-refractivity contribution in [3.63, 3.8) is 0 Å². The van der Waals surface area contributed by atoms with Crippen LogP contribution >= 0.6 is 0 Å². The van der Waals surface area contributed by atoms with Gasteiger partial charge in [0.05, 0.1) is 6.61 Å². The van der Waals surface area contributed by atoms with Crippen molar-refractivity contribution in [2.75, 3.05) is 6.61 Å². The molecule has 0 amide bonds. The molecule has 0 fully saturated rings. The lowest BCUT2D eigenvalue weighted by Crippen LogP contribution is -2.05. The molecule has 0 aromatic heterocycles. The Bertz CT molecular complexity index is 199. The molecule has 0 aliphatic heterocycles. The first-order chi connectivity index (χ1) is 9.52. The summed E-state index contributed by atoms with van der Waals surface area (Å²) in [4.78, 5) is 11.5. The third kappa shape index (κ3) is 15.5. The van der Waals surface area contributed by atoms with Gasteiger partial charge in [-0.3, -0.25) is 4.79 Å². The number of hydrogen-bond acceptors (Lipinski definition) is 2. The fourth-order valence-electron chi connectivity index (χ4n) is 2.27. The van der Waals surface area contributed by atoms with Gasteiger partial charge in [-0.2, -0.15) is 0 Å². The predicted octanol–water partition coefficient (Wildman–Crippen LogP) is 5.74. The van der Waals surface area contributed by atoms with Crippen molar-refractivity contribution < 1.29 is 9.53 Å². The number of unbranched alkanes of at least 4 members (excludes halogenated alkanes) is 5. The van der Waals surface area contributed by atoms with Crippen LogP contribution in [0, 0.1) is 11.8 Å². The molecule has 0 unspecified atom stereocenters. The van der Waals surface area contributed by atoms with Crippen LogP contribution in [0.1, 0.15) is 91.9 Å². The molecule has 120 valence electrons. The predicted molar refractivity (Wildman–Crippen MR) is 86.8 cm³/mol. The second-order valence-electron chi connectivity index (χ2n) is 6.81. The number of hydrogen-bond donors (Lipinski definition) is 0. The average molecular weight is 284 g/mol. The molecule has 0 atom stereocenters. The molecule has 0 saturated heterocycles. The third-order valence-electron chi connectivity index (χ3n) is 3.60. The third-order valence-corrected chi connectivity index (χ3v) is 3.60. The molecule has 0 rings (SSSR count). The molecular weight excluding hydrogens is 248 g/mol. The summed E-state index contributed by atoms with van der Waals surface area (Å²) in [6.45, 7) is 9.64. The topological polar surface area (TPSA) is 26.3 Å². The Morgan fingerprint density at radius 2 is 1.25 bits per heavy atom. The van der Waals surface area contributed by atoms with Crippen molar-refractivity contribution in [2.24, 2.45) is 11.8 Å². The molecule has 0 radical (unpaired) electrons. The van der Waals surface area contributed by atoms with E-state index < -0.39 is 0 Å². The number of carbonyl (C=O) groups excluding carboxylic acids is 1.